The molecule has 2 atom stereocenters. The van der Waals surface area contributed by atoms with Gasteiger partial charge in [-0.1, -0.05) is 40.0 Å². The van der Waals surface area contributed by atoms with Gasteiger partial charge in [0.1, 0.15) is 34.7 Å². The molecule has 1 N–H and O–H groups in total. The average Bonchev–Trinajstić information content (AvgIpc) is 3.69. The maximum absolute atomic E-state index is 15.1. The highest BCUT2D eigenvalue weighted by atomic mass is 28.4. The highest BCUT2D eigenvalue weighted by Crippen LogP contribution is 2.48. The fraction of sp³-hybridized carbons (Fsp3) is 0.743. The molecule has 1 saturated carbocycles. The molecule has 2 aromatic heterocycles. The molecule has 16 heteroatoms. The predicted octanol–water partition coefficient (Wildman–Crippen LogP) is 7.21. The summed E-state index contributed by atoms with van der Waals surface area (Å²) in [5.41, 5.74) is -3.48. The molecule has 0 radical (unpaired) electrons. The molecular formula is C35H52F4N6O5Si. The van der Waals surface area contributed by atoms with Gasteiger partial charge in [-0.05, 0) is 76.7 Å². The van der Waals surface area contributed by atoms with E-state index in [1.54, 1.807) is 26.8 Å². The summed E-state index contributed by atoms with van der Waals surface area (Å²) in [5, 5.41) is 6.77. The lowest BCUT2D eigenvalue weighted by Gasteiger charge is -2.53. The maximum Gasteiger partial charge on any atom is 0.435 e. The third-order valence-electron chi connectivity index (χ3n) is 11.2. The zero-order chi connectivity index (χ0) is 37.4. The van der Waals surface area contributed by atoms with Crippen molar-refractivity contribution in [2.24, 2.45) is 0 Å². The van der Waals surface area contributed by atoms with Gasteiger partial charge in [0.25, 0.3) is 0 Å². The molecule has 3 fully saturated rings. The first-order chi connectivity index (χ1) is 23.9. The van der Waals surface area contributed by atoms with E-state index in [0.29, 0.717) is 54.8 Å². The molecule has 51 heavy (non-hydrogen) atoms. The van der Waals surface area contributed by atoms with E-state index >= 15 is 4.39 Å². The Morgan fingerprint density at radius 2 is 1.61 bits per heavy atom. The Balaban J connectivity index is 1.35. The first-order valence-electron chi connectivity index (χ1n) is 18.3. The quantitative estimate of drug-likeness (QED) is 0.212. The van der Waals surface area contributed by atoms with Gasteiger partial charge in [0.05, 0.1) is 18.3 Å². The number of hydrogen-bond acceptors (Lipinski definition) is 8. The molecule has 0 aromatic carbocycles. The van der Waals surface area contributed by atoms with Crippen molar-refractivity contribution in [3.63, 3.8) is 0 Å². The van der Waals surface area contributed by atoms with Crippen LogP contribution in [0.2, 0.25) is 18.1 Å². The highest BCUT2D eigenvalue weighted by molar-refractivity contribution is 6.73. The summed E-state index contributed by atoms with van der Waals surface area (Å²) in [6.45, 7) is 10.7. The lowest BCUT2D eigenvalue weighted by atomic mass is 9.76. The number of carbonyl (C=O) groups excluding carboxylic acids is 3. The summed E-state index contributed by atoms with van der Waals surface area (Å²) in [7, 11) is -2.63. The van der Waals surface area contributed by atoms with Crippen LogP contribution in [-0.4, -0.2) is 106 Å². The number of hydrogen-bond donors (Lipinski definition) is 1. The maximum atomic E-state index is 15.1. The number of likely N-dealkylation sites (tertiary alicyclic amines) is 2. The van der Waals surface area contributed by atoms with Crippen LogP contribution in [0.3, 0.4) is 0 Å². The molecule has 5 rings (SSSR count). The minimum absolute atomic E-state index is 0.0114. The highest BCUT2D eigenvalue weighted by Gasteiger charge is 2.62. The topological polar surface area (TPSA) is 119 Å². The second-order valence-corrected chi connectivity index (χ2v) is 20.0. The molecule has 2 amide bonds. The summed E-state index contributed by atoms with van der Waals surface area (Å²) in [5.74, 6) is -0.906. The Bertz CT molecular complexity index is 1570. The van der Waals surface area contributed by atoms with E-state index in [9.17, 15) is 27.6 Å². The Morgan fingerprint density at radius 1 is 0.980 bits per heavy atom. The lowest BCUT2D eigenvalue weighted by Crippen LogP contribution is -2.67. The van der Waals surface area contributed by atoms with Gasteiger partial charge in [0.15, 0.2) is 13.9 Å². The first kappa shape index (κ1) is 39.1. The molecule has 1 aliphatic carbocycles. The van der Waals surface area contributed by atoms with Gasteiger partial charge in [-0.3, -0.25) is 14.5 Å². The largest absolute Gasteiger partial charge is 0.442 e. The Hall–Kier alpha value is -3.11. The Morgan fingerprint density at radius 3 is 2.18 bits per heavy atom. The van der Waals surface area contributed by atoms with E-state index in [4.69, 9.17) is 9.16 Å². The number of halogens is 4. The molecule has 0 unspecified atom stereocenters. The number of alkyl halides is 4. The molecule has 2 saturated heterocycles. The minimum atomic E-state index is -4.56. The van der Waals surface area contributed by atoms with Crippen molar-refractivity contribution in [2.75, 3.05) is 25.0 Å². The van der Waals surface area contributed by atoms with E-state index in [-0.39, 0.29) is 44.7 Å². The second kappa shape index (κ2) is 14.7. The number of pyridine rings is 1. The third-order valence-corrected chi connectivity index (χ3v) is 15.9. The minimum Gasteiger partial charge on any atom is -0.442 e. The van der Waals surface area contributed by atoms with Crippen molar-refractivity contribution < 1.29 is 41.1 Å². The van der Waals surface area contributed by atoms with E-state index in [0.717, 1.165) is 11.1 Å². The van der Waals surface area contributed by atoms with Crippen molar-refractivity contribution in [2.45, 2.75) is 146 Å². The van der Waals surface area contributed by atoms with Gasteiger partial charge < -0.3 is 19.4 Å². The number of nitrogens with zero attached hydrogens (tertiary/aromatic N) is 5. The molecule has 2 aromatic rings. The smallest absolute Gasteiger partial charge is 0.435 e. The average molecular weight is 741 g/mol. The van der Waals surface area contributed by atoms with Crippen LogP contribution >= 0.6 is 0 Å². The van der Waals surface area contributed by atoms with E-state index in [2.05, 4.69) is 15.4 Å². The van der Waals surface area contributed by atoms with E-state index < -0.39 is 61.4 Å². The number of carbonyl (C=O) groups is 3. The molecule has 0 bridgehead atoms. The normalized spacial score (nSPS) is 23.0. The standard InChI is InChI=1S/C35H52F4N6O5Si/c1-7-51(8-2,9-3)50-34(35(37,38)39)17-19-43(20-18-34)33(15-11-10-12-16-33)30(47)44-23-24(36)21-27(44)29(46)42-28-14-13-26-25(41-28)22-40-45(26)31(48)49-32(4,5)6/h13-14,22,24,27H,7-12,15-21,23H2,1-6H3,(H,41,42,46)/t24-,27-/m1/s1. The van der Waals surface area contributed by atoms with Crippen LogP contribution in [0.15, 0.2) is 18.3 Å². The van der Waals surface area contributed by atoms with Gasteiger partial charge in [0, 0.05) is 19.5 Å². The number of rotatable bonds is 9. The summed E-state index contributed by atoms with van der Waals surface area (Å²) < 4.78 is 72.3. The number of fused-ring (bicyclic) bond motifs is 1. The predicted molar refractivity (Wildman–Crippen MR) is 186 cm³/mol. The molecule has 2 aliphatic heterocycles. The van der Waals surface area contributed by atoms with Gasteiger partial charge in [-0.15, -0.1) is 0 Å². The molecule has 4 heterocycles. The lowest BCUT2D eigenvalue weighted by molar-refractivity contribution is -0.268. The number of anilines is 1. The zero-order valence-corrected chi connectivity index (χ0v) is 31.6. The monoisotopic (exact) mass is 740 g/mol. The molecule has 11 nitrogen and oxygen atoms in total. The molecule has 3 aliphatic rings. The second-order valence-electron chi connectivity index (χ2n) is 15.4. The summed E-state index contributed by atoms with van der Waals surface area (Å²) in [6, 6.07) is 3.66. The van der Waals surface area contributed by atoms with Crippen molar-refractivity contribution in [1.82, 2.24) is 24.6 Å². The molecule has 284 valence electrons. The van der Waals surface area contributed by atoms with Crippen LogP contribution < -0.4 is 5.32 Å². The summed E-state index contributed by atoms with van der Waals surface area (Å²) >= 11 is 0. The van der Waals surface area contributed by atoms with Crippen LogP contribution in [0, 0.1) is 0 Å². The van der Waals surface area contributed by atoms with Crippen molar-refractivity contribution >= 4 is 43.1 Å². The van der Waals surface area contributed by atoms with Crippen LogP contribution in [0.4, 0.5) is 28.2 Å². The fourth-order valence-electron chi connectivity index (χ4n) is 8.09. The van der Waals surface area contributed by atoms with Crippen molar-refractivity contribution in [3.05, 3.63) is 18.3 Å². The third kappa shape index (κ3) is 7.82. The summed E-state index contributed by atoms with van der Waals surface area (Å²) in [6.07, 6.45) is -3.00. The van der Waals surface area contributed by atoms with Gasteiger partial charge in [0.2, 0.25) is 11.8 Å². The zero-order valence-electron chi connectivity index (χ0n) is 30.6. The van der Waals surface area contributed by atoms with E-state index in [1.807, 2.05) is 25.7 Å². The SMILES string of the molecule is CC[Si](CC)(CC)OC1(C(F)(F)F)CCN(C2(C(=O)N3C[C@H](F)C[C@@H]3C(=O)Nc3ccc4c(cnn4C(=O)OC(C)(C)C)n3)CCCCC2)CC1. The number of nitrogens with one attached hydrogen (secondary N) is 1. The van der Waals surface area contributed by atoms with Crippen LogP contribution in [0.5, 0.6) is 0 Å². The Kier molecular flexibility index (Phi) is 11.3. The van der Waals surface area contributed by atoms with Gasteiger partial charge >= 0.3 is 12.3 Å². The number of ether oxygens (including phenoxy) is 1. The Labute approximate surface area is 297 Å². The van der Waals surface area contributed by atoms with Crippen molar-refractivity contribution in [3.8, 4) is 0 Å². The van der Waals surface area contributed by atoms with Crippen LogP contribution in [0.25, 0.3) is 11.0 Å². The first-order valence-corrected chi connectivity index (χ1v) is 20.8. The van der Waals surface area contributed by atoms with Gasteiger partial charge in [-0.25, -0.2) is 14.2 Å². The fourth-order valence-corrected chi connectivity index (χ4v) is 11.2. The number of piperidine rings is 1. The number of aromatic nitrogens is 3. The van der Waals surface area contributed by atoms with E-state index in [1.165, 1.54) is 17.2 Å². The van der Waals surface area contributed by atoms with Crippen molar-refractivity contribution in [1.29, 1.82) is 0 Å². The molecule has 0 spiro atoms. The van der Waals surface area contributed by atoms with Crippen LogP contribution in [0.1, 0.15) is 92.9 Å². The molecular weight excluding hydrogens is 688 g/mol. The summed E-state index contributed by atoms with van der Waals surface area (Å²) in [4.78, 5) is 48.5. The van der Waals surface area contributed by atoms with Gasteiger partial charge in [-0.2, -0.15) is 23.0 Å². The van der Waals surface area contributed by atoms with Crippen LogP contribution in [-0.2, 0) is 18.8 Å². The number of amides is 2.